The van der Waals surface area contributed by atoms with Gasteiger partial charge in [0.1, 0.15) is 0 Å². The van der Waals surface area contributed by atoms with Crippen LogP contribution in [-0.4, -0.2) is 35.1 Å². The fraction of sp³-hybridized carbons (Fsp3) is 0.286. The van der Waals surface area contributed by atoms with Gasteiger partial charge in [0, 0.05) is 18.5 Å². The minimum absolute atomic E-state index is 0.0245. The lowest BCUT2D eigenvalue weighted by atomic mass is 9.93. The molecule has 32 heavy (non-hydrogen) atoms. The van der Waals surface area contributed by atoms with Crippen LogP contribution >= 0.6 is 0 Å². The molecule has 0 spiro atoms. The van der Waals surface area contributed by atoms with Crippen LogP contribution in [0.2, 0.25) is 0 Å². The normalized spacial score (nSPS) is 15.8. The number of amides is 1. The Bertz CT molecular complexity index is 1140. The molecule has 0 saturated heterocycles. The molecule has 1 atom stereocenters. The summed E-state index contributed by atoms with van der Waals surface area (Å²) >= 11 is 0. The van der Waals surface area contributed by atoms with E-state index in [1.807, 2.05) is 37.4 Å². The Morgan fingerprint density at radius 2 is 1.69 bits per heavy atom. The van der Waals surface area contributed by atoms with Crippen LogP contribution in [0.25, 0.3) is 0 Å². The average molecular weight is 426 g/mol. The van der Waals surface area contributed by atoms with Crippen LogP contribution in [0.4, 0.5) is 0 Å². The van der Waals surface area contributed by atoms with Gasteiger partial charge in [-0.25, -0.2) is 5.01 Å². The highest BCUT2D eigenvalue weighted by Gasteiger charge is 2.34. The van der Waals surface area contributed by atoms with Crippen LogP contribution < -0.4 is 0 Å². The molecule has 1 aliphatic rings. The van der Waals surface area contributed by atoms with Gasteiger partial charge < -0.3 is 0 Å². The Morgan fingerprint density at radius 3 is 2.41 bits per heavy atom. The molecule has 0 fully saturated rings. The monoisotopic (exact) mass is 425 g/mol. The molecule has 0 N–H and O–H groups in total. The van der Waals surface area contributed by atoms with E-state index in [2.05, 4.69) is 68.1 Å². The van der Waals surface area contributed by atoms with Gasteiger partial charge in [-0.05, 0) is 50.1 Å². The second-order valence-corrected chi connectivity index (χ2v) is 8.84. The maximum Gasteiger partial charge on any atom is 0.257 e. The number of rotatable bonds is 6. The molecule has 0 aromatic heterocycles. The van der Waals surface area contributed by atoms with E-state index in [0.29, 0.717) is 6.54 Å². The number of likely N-dealkylation sites (N-methyl/N-ethyl adjacent to an activating group) is 1. The largest absolute Gasteiger partial charge is 0.293 e. The minimum Gasteiger partial charge on any atom is -0.293 e. The van der Waals surface area contributed by atoms with Crippen molar-refractivity contribution < 1.29 is 4.79 Å². The first-order valence-corrected chi connectivity index (χ1v) is 11.2. The maximum atomic E-state index is 13.4. The lowest BCUT2D eigenvalue weighted by molar-refractivity contribution is -0.134. The molecule has 4 nitrogen and oxygen atoms in total. The van der Waals surface area contributed by atoms with Crippen molar-refractivity contribution in [1.82, 2.24) is 9.91 Å². The van der Waals surface area contributed by atoms with Gasteiger partial charge in [-0.1, -0.05) is 78.4 Å². The van der Waals surface area contributed by atoms with Crippen molar-refractivity contribution in [3.05, 3.63) is 106 Å². The smallest absolute Gasteiger partial charge is 0.257 e. The fourth-order valence-electron chi connectivity index (χ4n) is 4.50. The molecule has 1 unspecified atom stereocenters. The van der Waals surface area contributed by atoms with Crippen LogP contribution in [-0.2, 0) is 11.3 Å². The minimum atomic E-state index is -0.0791. The summed E-state index contributed by atoms with van der Waals surface area (Å²) in [5.41, 5.74) is 8.08. The summed E-state index contributed by atoms with van der Waals surface area (Å²) in [6.07, 6.45) is 0.725. The van der Waals surface area contributed by atoms with Crippen LogP contribution in [0.5, 0.6) is 0 Å². The molecule has 4 rings (SSSR count). The Labute approximate surface area is 191 Å². The van der Waals surface area contributed by atoms with E-state index in [0.717, 1.165) is 29.8 Å². The van der Waals surface area contributed by atoms with Gasteiger partial charge in [0.05, 0.1) is 18.3 Å². The average Bonchev–Trinajstić information content (AvgIpc) is 3.19. The first-order chi connectivity index (χ1) is 15.4. The molecule has 0 radical (unpaired) electrons. The number of carbonyl (C=O) groups is 1. The summed E-state index contributed by atoms with van der Waals surface area (Å²) in [6.45, 7) is 7.37. The second-order valence-electron chi connectivity index (χ2n) is 8.84. The molecule has 1 amide bonds. The topological polar surface area (TPSA) is 35.9 Å². The van der Waals surface area contributed by atoms with Crippen LogP contribution in [0, 0.1) is 20.8 Å². The van der Waals surface area contributed by atoms with Crippen molar-refractivity contribution in [3.63, 3.8) is 0 Å². The highest BCUT2D eigenvalue weighted by atomic mass is 16.2. The van der Waals surface area contributed by atoms with Gasteiger partial charge >= 0.3 is 0 Å². The highest BCUT2D eigenvalue weighted by molar-refractivity contribution is 6.04. The maximum absolute atomic E-state index is 13.4. The first-order valence-electron chi connectivity index (χ1n) is 11.2. The molecule has 1 aliphatic heterocycles. The van der Waals surface area contributed by atoms with Crippen molar-refractivity contribution in [2.45, 2.75) is 39.8 Å². The lowest BCUT2D eigenvalue weighted by Crippen LogP contribution is -2.36. The van der Waals surface area contributed by atoms with Gasteiger partial charge in [0.2, 0.25) is 0 Å². The predicted octanol–water partition coefficient (Wildman–Crippen LogP) is 5.42. The summed E-state index contributed by atoms with van der Waals surface area (Å²) in [6, 6.07) is 24.9. The van der Waals surface area contributed by atoms with Gasteiger partial charge in [0.15, 0.2) is 0 Å². The fourth-order valence-corrected chi connectivity index (χ4v) is 4.50. The standard InChI is InChI=1S/C28H31N3O/c1-20-14-15-24(22(3)16-20)26-17-27(25-13-9-8-10-21(25)2)31(29-26)28(32)19-30(4)18-23-11-6-5-7-12-23/h5-16,27H,17-19H2,1-4H3. The molecular formula is C28H31N3O. The molecule has 1 heterocycles. The Morgan fingerprint density at radius 1 is 0.969 bits per heavy atom. The zero-order valence-electron chi connectivity index (χ0n) is 19.4. The Hall–Kier alpha value is -3.24. The van der Waals surface area contributed by atoms with Crippen molar-refractivity contribution >= 4 is 11.6 Å². The number of hydrogen-bond donors (Lipinski definition) is 0. The van der Waals surface area contributed by atoms with Crippen LogP contribution in [0.15, 0.2) is 77.9 Å². The zero-order valence-corrected chi connectivity index (χ0v) is 19.4. The Kier molecular flexibility index (Phi) is 6.52. The number of benzene rings is 3. The number of aryl methyl sites for hydroxylation is 3. The summed E-state index contributed by atoms with van der Waals surface area (Å²) in [5.74, 6) is 0.0245. The summed E-state index contributed by atoms with van der Waals surface area (Å²) < 4.78 is 0. The summed E-state index contributed by atoms with van der Waals surface area (Å²) in [4.78, 5) is 15.5. The van der Waals surface area contributed by atoms with E-state index in [1.165, 1.54) is 22.3 Å². The number of nitrogens with zero attached hydrogens (tertiary/aromatic N) is 3. The molecule has 4 heteroatoms. The first kappa shape index (κ1) is 22.0. The molecule has 0 aliphatic carbocycles. The quantitative estimate of drug-likeness (QED) is 0.529. The third-order valence-electron chi connectivity index (χ3n) is 6.11. The van der Waals surface area contributed by atoms with E-state index in [9.17, 15) is 4.79 Å². The molecule has 0 bridgehead atoms. The Balaban J connectivity index is 1.61. The number of carbonyl (C=O) groups excluding carboxylic acids is 1. The van der Waals surface area contributed by atoms with E-state index in [4.69, 9.17) is 5.10 Å². The third kappa shape index (κ3) is 4.81. The number of hydrazone groups is 1. The predicted molar refractivity (Wildman–Crippen MR) is 131 cm³/mol. The molecular weight excluding hydrogens is 394 g/mol. The van der Waals surface area contributed by atoms with E-state index in [-0.39, 0.29) is 11.9 Å². The molecule has 0 saturated carbocycles. The zero-order chi connectivity index (χ0) is 22.7. The molecule has 3 aromatic carbocycles. The van der Waals surface area contributed by atoms with Crippen molar-refractivity contribution in [3.8, 4) is 0 Å². The molecule has 164 valence electrons. The van der Waals surface area contributed by atoms with Crippen LogP contribution in [0.1, 0.15) is 45.8 Å². The van der Waals surface area contributed by atoms with Gasteiger partial charge in [-0.3, -0.25) is 9.69 Å². The summed E-state index contributed by atoms with van der Waals surface area (Å²) in [7, 11) is 1.98. The highest BCUT2D eigenvalue weighted by Crippen LogP contribution is 2.35. The lowest BCUT2D eigenvalue weighted by Gasteiger charge is -2.25. The van der Waals surface area contributed by atoms with Crippen LogP contribution in [0.3, 0.4) is 0 Å². The molecule has 3 aromatic rings. The van der Waals surface area contributed by atoms with Crippen molar-refractivity contribution in [2.24, 2.45) is 5.10 Å². The van der Waals surface area contributed by atoms with Gasteiger partial charge in [-0.15, -0.1) is 0 Å². The second kappa shape index (κ2) is 9.49. The third-order valence-corrected chi connectivity index (χ3v) is 6.11. The SMILES string of the molecule is Cc1ccc(C2=NN(C(=O)CN(C)Cc3ccccc3)C(c3ccccc3C)C2)c(C)c1. The van der Waals surface area contributed by atoms with Gasteiger partial charge in [-0.2, -0.15) is 5.10 Å². The van der Waals surface area contributed by atoms with Crippen molar-refractivity contribution in [1.29, 1.82) is 0 Å². The number of hydrogen-bond acceptors (Lipinski definition) is 3. The van der Waals surface area contributed by atoms with E-state index >= 15 is 0 Å². The van der Waals surface area contributed by atoms with E-state index in [1.54, 1.807) is 5.01 Å². The van der Waals surface area contributed by atoms with E-state index < -0.39 is 0 Å². The van der Waals surface area contributed by atoms with Crippen molar-refractivity contribution in [2.75, 3.05) is 13.6 Å². The van der Waals surface area contributed by atoms with Gasteiger partial charge in [0.25, 0.3) is 5.91 Å². The summed E-state index contributed by atoms with van der Waals surface area (Å²) in [5, 5.41) is 6.60.